The van der Waals surface area contributed by atoms with Gasteiger partial charge < -0.3 is 18.9 Å². The molecule has 5 rings (SSSR count). The molecule has 0 unspecified atom stereocenters. The minimum atomic E-state index is 0.664. The number of ether oxygens (including phenoxy) is 2. The molecular formula is C30H40N8O2. The standard InChI is InChI=1S/C30H40N8O2/c1-4-5-6-11-28-31-30-27(21-36(16-18-39-2)22-37(30)17-19-40-3)38(28)20-23-12-14-24(15-13-23)25-9-7-8-10-26(25)29-32-34-35-33-29/h7-10,12-15H,4-6,11,16-22H2,1-3H3,(H,32,33,34,35). The number of aryl methyl sites for hydroxylation is 1. The van der Waals surface area contributed by atoms with Crippen molar-refractivity contribution in [3.05, 3.63) is 65.6 Å². The van der Waals surface area contributed by atoms with Gasteiger partial charge in [-0.1, -0.05) is 68.3 Å². The van der Waals surface area contributed by atoms with Gasteiger partial charge in [-0.05, 0) is 33.5 Å². The summed E-state index contributed by atoms with van der Waals surface area (Å²) >= 11 is 0. The van der Waals surface area contributed by atoms with Gasteiger partial charge in [0.25, 0.3) is 0 Å². The summed E-state index contributed by atoms with van der Waals surface area (Å²) in [6.45, 7) is 7.79. The van der Waals surface area contributed by atoms with Gasteiger partial charge in [-0.2, -0.15) is 0 Å². The maximum atomic E-state index is 5.44. The highest BCUT2D eigenvalue weighted by Gasteiger charge is 2.29. The number of benzene rings is 2. The largest absolute Gasteiger partial charge is 0.383 e. The Labute approximate surface area is 236 Å². The van der Waals surface area contributed by atoms with Crippen molar-refractivity contribution in [3.8, 4) is 22.5 Å². The molecule has 0 aliphatic carbocycles. The van der Waals surface area contributed by atoms with Crippen molar-refractivity contribution >= 4 is 5.82 Å². The summed E-state index contributed by atoms with van der Waals surface area (Å²) in [6, 6.07) is 17.0. The van der Waals surface area contributed by atoms with E-state index in [0.29, 0.717) is 19.0 Å². The third-order valence-corrected chi connectivity index (χ3v) is 7.49. The van der Waals surface area contributed by atoms with E-state index in [9.17, 15) is 0 Å². The predicted molar refractivity (Wildman–Crippen MR) is 156 cm³/mol. The van der Waals surface area contributed by atoms with Crippen LogP contribution < -0.4 is 4.90 Å². The quantitative estimate of drug-likeness (QED) is 0.234. The lowest BCUT2D eigenvalue weighted by molar-refractivity contribution is 0.135. The Hall–Kier alpha value is -3.60. The second kappa shape index (κ2) is 13.6. The van der Waals surface area contributed by atoms with E-state index >= 15 is 0 Å². The van der Waals surface area contributed by atoms with Crippen molar-refractivity contribution in [3.63, 3.8) is 0 Å². The monoisotopic (exact) mass is 544 g/mol. The van der Waals surface area contributed by atoms with Crippen molar-refractivity contribution in [2.24, 2.45) is 0 Å². The number of aromatic amines is 1. The summed E-state index contributed by atoms with van der Waals surface area (Å²) in [7, 11) is 3.52. The fourth-order valence-corrected chi connectivity index (χ4v) is 5.35. The molecule has 2 aromatic carbocycles. The number of nitrogens with zero attached hydrogens (tertiary/aromatic N) is 7. The summed E-state index contributed by atoms with van der Waals surface area (Å²) in [5.41, 5.74) is 5.72. The average molecular weight is 545 g/mol. The van der Waals surface area contributed by atoms with Crippen molar-refractivity contribution in [2.75, 3.05) is 52.1 Å². The molecule has 212 valence electrons. The first-order chi connectivity index (χ1) is 19.7. The lowest BCUT2D eigenvalue weighted by atomic mass is 9.98. The number of H-pyrrole nitrogens is 1. The molecule has 0 amide bonds. The molecule has 4 aromatic rings. The van der Waals surface area contributed by atoms with Crippen LogP contribution in [0.25, 0.3) is 22.5 Å². The molecule has 10 nitrogen and oxygen atoms in total. The van der Waals surface area contributed by atoms with Crippen LogP contribution in [0.4, 0.5) is 5.82 Å². The van der Waals surface area contributed by atoms with E-state index in [1.165, 1.54) is 29.9 Å². The van der Waals surface area contributed by atoms with Crippen LogP contribution in [0.2, 0.25) is 0 Å². The van der Waals surface area contributed by atoms with Crippen LogP contribution in [0.5, 0.6) is 0 Å². The van der Waals surface area contributed by atoms with Crippen LogP contribution in [-0.4, -0.2) is 82.3 Å². The molecule has 1 aliphatic rings. The number of hydrogen-bond acceptors (Lipinski definition) is 8. The van der Waals surface area contributed by atoms with Crippen LogP contribution in [0, 0.1) is 0 Å². The van der Waals surface area contributed by atoms with Gasteiger partial charge in [-0.25, -0.2) is 10.1 Å². The summed E-state index contributed by atoms with van der Waals surface area (Å²) in [4.78, 5) is 10.0. The predicted octanol–water partition coefficient (Wildman–Crippen LogP) is 4.38. The summed E-state index contributed by atoms with van der Waals surface area (Å²) in [6.07, 6.45) is 4.52. The zero-order chi connectivity index (χ0) is 27.7. The molecule has 0 saturated heterocycles. The number of hydrogen-bond donors (Lipinski definition) is 1. The van der Waals surface area contributed by atoms with Crippen LogP contribution in [0.3, 0.4) is 0 Å². The van der Waals surface area contributed by atoms with E-state index in [0.717, 1.165) is 68.2 Å². The smallest absolute Gasteiger partial charge is 0.180 e. The van der Waals surface area contributed by atoms with E-state index in [1.807, 2.05) is 18.2 Å². The Bertz CT molecular complexity index is 1340. The Kier molecular flexibility index (Phi) is 9.54. The number of anilines is 1. The summed E-state index contributed by atoms with van der Waals surface area (Å²) < 4.78 is 13.3. The number of methoxy groups -OCH3 is 2. The summed E-state index contributed by atoms with van der Waals surface area (Å²) in [5.74, 6) is 2.93. The Morgan fingerprint density at radius 2 is 1.70 bits per heavy atom. The molecular weight excluding hydrogens is 504 g/mol. The Morgan fingerprint density at radius 3 is 2.42 bits per heavy atom. The Morgan fingerprint density at radius 1 is 0.925 bits per heavy atom. The van der Waals surface area contributed by atoms with Crippen molar-refractivity contribution in [1.29, 1.82) is 0 Å². The number of nitrogens with one attached hydrogen (secondary N) is 1. The van der Waals surface area contributed by atoms with Gasteiger partial charge in [0.1, 0.15) is 5.82 Å². The highest BCUT2D eigenvalue weighted by molar-refractivity contribution is 5.80. The maximum absolute atomic E-state index is 5.44. The molecule has 40 heavy (non-hydrogen) atoms. The van der Waals surface area contributed by atoms with Gasteiger partial charge in [0.05, 0.1) is 25.6 Å². The molecule has 1 N–H and O–H groups in total. The second-order valence-electron chi connectivity index (χ2n) is 10.3. The lowest BCUT2D eigenvalue weighted by Crippen LogP contribution is -2.45. The molecule has 2 aromatic heterocycles. The zero-order valence-electron chi connectivity index (χ0n) is 23.8. The number of tetrazole rings is 1. The minimum absolute atomic E-state index is 0.664. The maximum Gasteiger partial charge on any atom is 0.180 e. The van der Waals surface area contributed by atoms with Gasteiger partial charge in [-0.3, -0.25) is 4.90 Å². The number of fused-ring (bicyclic) bond motifs is 1. The number of imidazole rings is 1. The molecule has 0 radical (unpaired) electrons. The third kappa shape index (κ3) is 6.41. The third-order valence-electron chi connectivity index (χ3n) is 7.49. The van der Waals surface area contributed by atoms with Gasteiger partial charge in [0.15, 0.2) is 11.6 Å². The first-order valence-corrected chi connectivity index (χ1v) is 14.2. The van der Waals surface area contributed by atoms with E-state index in [-0.39, 0.29) is 0 Å². The van der Waals surface area contributed by atoms with Crippen molar-refractivity contribution < 1.29 is 9.47 Å². The van der Waals surface area contributed by atoms with E-state index in [1.54, 1.807) is 14.2 Å². The van der Waals surface area contributed by atoms with Gasteiger partial charge >= 0.3 is 0 Å². The normalized spacial score (nSPS) is 13.6. The molecule has 0 saturated carbocycles. The molecule has 0 atom stereocenters. The summed E-state index contributed by atoms with van der Waals surface area (Å²) in [5, 5.41) is 14.5. The van der Waals surface area contributed by atoms with Crippen molar-refractivity contribution in [2.45, 2.75) is 45.7 Å². The number of aromatic nitrogens is 6. The van der Waals surface area contributed by atoms with Gasteiger partial charge in [0, 0.05) is 52.4 Å². The zero-order valence-corrected chi connectivity index (χ0v) is 23.8. The fraction of sp³-hybridized carbons (Fsp3) is 0.467. The van der Waals surface area contributed by atoms with Crippen LogP contribution >= 0.6 is 0 Å². The van der Waals surface area contributed by atoms with Crippen molar-refractivity contribution in [1.82, 2.24) is 35.1 Å². The molecule has 0 fully saturated rings. The number of rotatable bonds is 14. The molecule has 3 heterocycles. The van der Waals surface area contributed by atoms with Gasteiger partial charge in [-0.15, -0.1) is 5.10 Å². The van der Waals surface area contributed by atoms with Crippen LogP contribution in [0.15, 0.2) is 48.5 Å². The first-order valence-electron chi connectivity index (χ1n) is 14.2. The van der Waals surface area contributed by atoms with E-state index < -0.39 is 0 Å². The first kappa shape index (κ1) is 27.9. The average Bonchev–Trinajstić information content (AvgIpc) is 3.64. The fourth-order valence-electron chi connectivity index (χ4n) is 5.35. The number of unbranched alkanes of at least 4 members (excludes halogenated alkanes) is 2. The van der Waals surface area contributed by atoms with E-state index in [2.05, 4.69) is 72.2 Å². The van der Waals surface area contributed by atoms with E-state index in [4.69, 9.17) is 14.5 Å². The second-order valence-corrected chi connectivity index (χ2v) is 10.3. The highest BCUT2D eigenvalue weighted by atomic mass is 16.5. The molecule has 0 bridgehead atoms. The SMILES string of the molecule is CCCCCc1nc2c(n1Cc1ccc(-c3ccccc3-c3nnn[nH]3)cc1)CN(CCOC)CN2CCOC. The van der Waals surface area contributed by atoms with Crippen LogP contribution in [-0.2, 0) is 29.0 Å². The Balaban J connectivity index is 1.44. The minimum Gasteiger partial charge on any atom is -0.383 e. The topological polar surface area (TPSA) is 97.2 Å². The molecule has 10 heteroatoms. The highest BCUT2D eigenvalue weighted by Crippen LogP contribution is 2.32. The molecule has 0 spiro atoms. The lowest BCUT2D eigenvalue weighted by Gasteiger charge is -2.36. The van der Waals surface area contributed by atoms with Crippen LogP contribution in [0.1, 0.15) is 43.3 Å². The molecule has 1 aliphatic heterocycles. The van der Waals surface area contributed by atoms with Gasteiger partial charge in [0.2, 0.25) is 0 Å².